The zero-order chi connectivity index (χ0) is 24.6. The largest absolute Gasteiger partial charge is 0.472 e. The number of carbonyl (C=O) groups excluding carboxylic acids is 1. The average molecular weight is 510 g/mol. The second-order valence-corrected chi connectivity index (χ2v) is 10.1. The van der Waals surface area contributed by atoms with Crippen LogP contribution in [0.25, 0.3) is 10.3 Å². The molecule has 0 aromatic carbocycles. The molecule has 3 aliphatic heterocycles. The molecule has 0 bridgehead atoms. The molecule has 6 rings (SSSR count). The van der Waals surface area contributed by atoms with E-state index in [1.807, 2.05) is 30.0 Å². The Hall–Kier alpha value is -3.48. The Balaban J connectivity index is 1.26. The van der Waals surface area contributed by atoms with E-state index >= 15 is 0 Å². The number of ether oxygens (including phenoxy) is 2. The molecule has 11 nitrogen and oxygen atoms in total. The number of carbonyl (C=O) groups is 1. The lowest BCUT2D eigenvalue weighted by Crippen LogP contribution is -2.36. The van der Waals surface area contributed by atoms with Crippen LogP contribution in [0.4, 0.5) is 16.6 Å². The topological polar surface area (TPSA) is 125 Å². The van der Waals surface area contributed by atoms with Crippen LogP contribution in [-0.4, -0.2) is 71.5 Å². The fourth-order valence-corrected chi connectivity index (χ4v) is 5.55. The lowest BCUT2D eigenvalue weighted by Gasteiger charge is -2.25. The molecule has 0 spiro atoms. The van der Waals surface area contributed by atoms with E-state index in [1.54, 1.807) is 17.5 Å². The Morgan fingerprint density at radius 1 is 1.22 bits per heavy atom. The van der Waals surface area contributed by atoms with Crippen molar-refractivity contribution in [3.8, 4) is 0 Å². The third-order valence-electron chi connectivity index (χ3n) is 6.42. The number of thiazole rings is 1. The summed E-state index contributed by atoms with van der Waals surface area (Å²) in [6.45, 7) is 5.92. The van der Waals surface area contributed by atoms with Crippen molar-refractivity contribution in [3.63, 3.8) is 0 Å². The van der Waals surface area contributed by atoms with Crippen molar-refractivity contribution in [2.24, 2.45) is 0 Å². The maximum atomic E-state index is 13.2. The lowest BCUT2D eigenvalue weighted by molar-refractivity contribution is -0.113. The summed E-state index contributed by atoms with van der Waals surface area (Å²) in [6, 6.07) is 5.68. The fourth-order valence-electron chi connectivity index (χ4n) is 4.55. The molecule has 12 heteroatoms. The first-order chi connectivity index (χ1) is 17.5. The quantitative estimate of drug-likeness (QED) is 0.470. The van der Waals surface area contributed by atoms with Gasteiger partial charge in [-0.1, -0.05) is 11.3 Å². The minimum absolute atomic E-state index is 0.320. The summed E-state index contributed by atoms with van der Waals surface area (Å²) < 4.78 is 12.0. The van der Waals surface area contributed by atoms with Crippen molar-refractivity contribution in [1.29, 1.82) is 0 Å². The number of hydrogen-bond acceptors (Lipinski definition) is 11. The number of pyridine rings is 2. The number of amides is 1. The first-order valence-electron chi connectivity index (χ1n) is 12.0. The van der Waals surface area contributed by atoms with Gasteiger partial charge in [0.15, 0.2) is 22.8 Å². The van der Waals surface area contributed by atoms with Crippen molar-refractivity contribution < 1.29 is 19.4 Å². The molecule has 6 heterocycles. The highest BCUT2D eigenvalue weighted by atomic mass is 32.1. The van der Waals surface area contributed by atoms with Crippen LogP contribution in [0.5, 0.6) is 0 Å². The second kappa shape index (κ2) is 9.52. The van der Waals surface area contributed by atoms with Gasteiger partial charge in [0.2, 0.25) is 0 Å². The molecule has 3 aliphatic rings. The monoisotopic (exact) mass is 509 g/mol. The molecule has 36 heavy (non-hydrogen) atoms. The van der Waals surface area contributed by atoms with Gasteiger partial charge in [0.1, 0.15) is 12.0 Å². The van der Waals surface area contributed by atoms with Gasteiger partial charge in [-0.3, -0.25) is 9.78 Å². The van der Waals surface area contributed by atoms with Gasteiger partial charge < -0.3 is 35.0 Å². The molecule has 3 aromatic rings. The number of anilines is 3. The molecular weight excluding hydrogens is 482 g/mol. The number of hydrogen-bond donors (Lipinski definition) is 3. The molecule has 3 aromatic heterocycles. The molecule has 1 unspecified atom stereocenters. The summed E-state index contributed by atoms with van der Waals surface area (Å²) >= 11 is 1.54. The molecule has 0 aliphatic carbocycles. The molecule has 188 valence electrons. The minimum atomic E-state index is -0.459. The number of nitrogens with zero attached hydrogens (tertiary/aromatic N) is 5. The molecule has 2 fully saturated rings. The summed E-state index contributed by atoms with van der Waals surface area (Å²) in [7, 11) is 0. The Morgan fingerprint density at radius 2 is 2.08 bits per heavy atom. The van der Waals surface area contributed by atoms with E-state index in [2.05, 4.69) is 20.5 Å². The predicted octanol–water partition coefficient (Wildman–Crippen LogP) is 1.90. The second-order valence-electron chi connectivity index (χ2n) is 9.04. The molecule has 0 radical (unpaired) electrons. The van der Waals surface area contributed by atoms with Gasteiger partial charge in [-0.15, -0.1) is 0 Å². The molecular formula is C24H27N7O4S. The predicted molar refractivity (Wildman–Crippen MR) is 136 cm³/mol. The van der Waals surface area contributed by atoms with Crippen LogP contribution in [0, 0.1) is 6.92 Å². The third-order valence-corrected chi connectivity index (χ3v) is 7.47. The van der Waals surface area contributed by atoms with Crippen LogP contribution < -0.4 is 20.4 Å². The number of aromatic nitrogens is 3. The van der Waals surface area contributed by atoms with Crippen molar-refractivity contribution in [3.05, 3.63) is 47.6 Å². The maximum Gasteiger partial charge on any atom is 0.275 e. The van der Waals surface area contributed by atoms with Crippen LogP contribution in [0.2, 0.25) is 0 Å². The summed E-state index contributed by atoms with van der Waals surface area (Å²) in [5.74, 6) is 0.274. The van der Waals surface area contributed by atoms with E-state index in [-0.39, 0.29) is 5.91 Å². The van der Waals surface area contributed by atoms with E-state index in [1.165, 1.54) is 6.26 Å². The van der Waals surface area contributed by atoms with Crippen LogP contribution >= 0.6 is 11.3 Å². The van der Waals surface area contributed by atoms with E-state index in [0.717, 1.165) is 34.2 Å². The number of rotatable bonds is 5. The summed E-state index contributed by atoms with van der Waals surface area (Å²) in [5.41, 5.74) is 3.28. The van der Waals surface area contributed by atoms with Gasteiger partial charge >= 0.3 is 0 Å². The summed E-state index contributed by atoms with van der Waals surface area (Å²) in [4.78, 5) is 31.2. The van der Waals surface area contributed by atoms with E-state index in [9.17, 15) is 9.90 Å². The zero-order valence-electron chi connectivity index (χ0n) is 19.8. The van der Waals surface area contributed by atoms with Gasteiger partial charge in [-0.05, 0) is 31.5 Å². The SMILES string of the molecule is Cc1cc(C2NC(C(=O)Nc3cc4sc(N5CCOCC5)nc4nc3N3CC[C@H](O)C3)=CO2)ccn1. The number of nitrogens with one attached hydrogen (secondary N) is 2. The number of β-amino-alcohol motifs (C(OH)–C–C–N with tert-alkyl or cyclic N) is 1. The normalized spacial score (nSPS) is 21.9. The number of aliphatic hydroxyl groups excluding tert-OH is 1. The first-order valence-corrected chi connectivity index (χ1v) is 12.8. The van der Waals surface area contributed by atoms with Crippen molar-refractivity contribution in [2.45, 2.75) is 25.7 Å². The third kappa shape index (κ3) is 4.54. The van der Waals surface area contributed by atoms with Crippen LogP contribution in [-0.2, 0) is 14.3 Å². The van der Waals surface area contributed by atoms with Crippen LogP contribution in [0.15, 0.2) is 36.4 Å². The molecule has 3 N–H and O–H groups in total. The lowest BCUT2D eigenvalue weighted by atomic mass is 10.2. The first kappa shape index (κ1) is 23.0. The highest BCUT2D eigenvalue weighted by Gasteiger charge is 2.28. The van der Waals surface area contributed by atoms with Gasteiger partial charge in [-0.2, -0.15) is 4.98 Å². The molecule has 1 amide bonds. The summed E-state index contributed by atoms with van der Waals surface area (Å²) in [6.07, 6.45) is 2.91. The number of morpholine rings is 1. The smallest absolute Gasteiger partial charge is 0.275 e. The van der Waals surface area contributed by atoms with Crippen LogP contribution in [0.1, 0.15) is 23.9 Å². The number of aryl methyl sites for hydroxylation is 1. The Morgan fingerprint density at radius 3 is 2.86 bits per heavy atom. The van der Waals surface area contributed by atoms with E-state index in [4.69, 9.17) is 19.4 Å². The van der Waals surface area contributed by atoms with Crippen LogP contribution in [0.3, 0.4) is 0 Å². The van der Waals surface area contributed by atoms with Crippen molar-refractivity contribution >= 4 is 44.2 Å². The zero-order valence-corrected chi connectivity index (χ0v) is 20.6. The highest BCUT2D eigenvalue weighted by molar-refractivity contribution is 7.22. The Kier molecular flexibility index (Phi) is 6.07. The van der Waals surface area contributed by atoms with Gasteiger partial charge in [0.05, 0.1) is 29.7 Å². The fraction of sp³-hybridized carbons (Fsp3) is 0.417. The summed E-state index contributed by atoms with van der Waals surface area (Å²) in [5, 5.41) is 17.1. The van der Waals surface area contributed by atoms with E-state index < -0.39 is 12.3 Å². The van der Waals surface area contributed by atoms with Gasteiger partial charge in [0, 0.05) is 43.6 Å². The van der Waals surface area contributed by atoms with Gasteiger partial charge in [0.25, 0.3) is 5.91 Å². The van der Waals surface area contributed by atoms with Gasteiger partial charge in [-0.25, -0.2) is 4.98 Å². The Labute approximate surface area is 211 Å². The maximum absolute atomic E-state index is 13.2. The minimum Gasteiger partial charge on any atom is -0.472 e. The standard InChI is InChI=1S/C24H27N7O4S/c1-14-10-15(2-4-25-14)23-27-18(13-35-23)22(33)26-17-11-19-20(28-21(17)31-5-3-16(32)12-31)29-24(36-19)30-6-8-34-9-7-30/h2,4,10-11,13,16,23,27,32H,3,5-9,12H2,1H3,(H,26,33)/t16-,23?/m0/s1. The average Bonchev–Trinajstić information content (AvgIpc) is 3.63. The molecule has 0 saturated carbocycles. The Bertz CT molecular complexity index is 1320. The molecule has 2 atom stereocenters. The van der Waals surface area contributed by atoms with Crippen molar-refractivity contribution in [2.75, 3.05) is 54.5 Å². The number of fused-ring (bicyclic) bond motifs is 1. The highest BCUT2D eigenvalue weighted by Crippen LogP contribution is 2.36. The van der Waals surface area contributed by atoms with E-state index in [0.29, 0.717) is 55.6 Å². The molecule has 2 saturated heterocycles. The van der Waals surface area contributed by atoms with Crippen molar-refractivity contribution in [1.82, 2.24) is 20.3 Å². The number of aliphatic hydroxyl groups is 1.